The maximum absolute atomic E-state index is 12.2. The lowest BCUT2D eigenvalue weighted by molar-refractivity contribution is -0.122. The van der Waals surface area contributed by atoms with Gasteiger partial charge in [0.15, 0.2) is 0 Å². The second kappa shape index (κ2) is 6.65. The Balaban J connectivity index is 1.60. The maximum Gasteiger partial charge on any atom is 0.255 e. The number of aryl methyl sites for hydroxylation is 1. The molecule has 4 nitrogen and oxygen atoms in total. The third-order valence-corrected chi connectivity index (χ3v) is 4.17. The molecule has 0 spiro atoms. The van der Waals surface area contributed by atoms with Gasteiger partial charge in [-0.3, -0.25) is 9.59 Å². The summed E-state index contributed by atoms with van der Waals surface area (Å²) < 4.78 is 0. The van der Waals surface area contributed by atoms with Crippen molar-refractivity contribution < 1.29 is 9.59 Å². The summed E-state index contributed by atoms with van der Waals surface area (Å²) >= 11 is 0. The van der Waals surface area contributed by atoms with Gasteiger partial charge in [-0.05, 0) is 56.2 Å². The number of nitrogens with one attached hydrogen (secondary N) is 2. The molecule has 2 aromatic rings. The average molecular weight is 308 g/mol. The maximum atomic E-state index is 12.2. The number of carbonyl (C=O) groups is 2. The first-order valence-corrected chi connectivity index (χ1v) is 7.91. The molecule has 0 unspecified atom stereocenters. The minimum absolute atomic E-state index is 0.0906. The summed E-state index contributed by atoms with van der Waals surface area (Å²) in [6.45, 7) is 1.95. The monoisotopic (exact) mass is 308 g/mol. The first-order valence-electron chi connectivity index (χ1n) is 7.91. The Morgan fingerprint density at radius 1 is 0.957 bits per heavy atom. The van der Waals surface area contributed by atoms with Crippen molar-refractivity contribution >= 4 is 23.2 Å². The van der Waals surface area contributed by atoms with Crippen LogP contribution in [0.3, 0.4) is 0 Å². The molecule has 23 heavy (non-hydrogen) atoms. The van der Waals surface area contributed by atoms with Crippen molar-refractivity contribution in [2.75, 3.05) is 10.6 Å². The number of hydrogen-bond donors (Lipinski definition) is 2. The van der Waals surface area contributed by atoms with E-state index in [1.54, 1.807) is 18.2 Å². The zero-order chi connectivity index (χ0) is 16.2. The summed E-state index contributed by atoms with van der Waals surface area (Å²) in [5.41, 5.74) is 3.15. The molecule has 0 atom stereocenters. The summed E-state index contributed by atoms with van der Waals surface area (Å²) in [6, 6.07) is 14.7. The van der Waals surface area contributed by atoms with Crippen LogP contribution < -0.4 is 10.6 Å². The largest absolute Gasteiger partial charge is 0.326 e. The zero-order valence-corrected chi connectivity index (χ0v) is 13.1. The van der Waals surface area contributed by atoms with E-state index in [-0.39, 0.29) is 17.7 Å². The fourth-order valence-corrected chi connectivity index (χ4v) is 2.54. The smallest absolute Gasteiger partial charge is 0.255 e. The van der Waals surface area contributed by atoms with Crippen LogP contribution in [0.2, 0.25) is 0 Å². The summed E-state index contributed by atoms with van der Waals surface area (Å²) in [7, 11) is 0. The molecule has 0 bridgehead atoms. The fraction of sp³-hybridized carbons (Fsp3) is 0.263. The zero-order valence-electron chi connectivity index (χ0n) is 13.1. The Morgan fingerprint density at radius 3 is 2.17 bits per heavy atom. The van der Waals surface area contributed by atoms with Crippen molar-refractivity contribution in [2.24, 2.45) is 5.92 Å². The van der Waals surface area contributed by atoms with Gasteiger partial charge in [0.25, 0.3) is 5.91 Å². The SMILES string of the molecule is Cc1cccc(C(=O)Nc2ccc(NC(=O)C3CCC3)cc2)c1. The molecule has 0 aromatic heterocycles. The van der Waals surface area contributed by atoms with E-state index in [2.05, 4.69) is 10.6 Å². The van der Waals surface area contributed by atoms with E-state index in [0.29, 0.717) is 11.3 Å². The second-order valence-corrected chi connectivity index (χ2v) is 6.02. The molecule has 3 rings (SSSR count). The van der Waals surface area contributed by atoms with Crippen LogP contribution >= 0.6 is 0 Å². The molecule has 0 aliphatic heterocycles. The molecule has 1 fully saturated rings. The Labute approximate surface area is 135 Å². The van der Waals surface area contributed by atoms with Crippen molar-refractivity contribution in [1.82, 2.24) is 0 Å². The first kappa shape index (κ1) is 15.3. The van der Waals surface area contributed by atoms with Gasteiger partial charge in [0.1, 0.15) is 0 Å². The Kier molecular flexibility index (Phi) is 4.42. The van der Waals surface area contributed by atoms with Crippen molar-refractivity contribution in [3.05, 3.63) is 59.7 Å². The van der Waals surface area contributed by atoms with Crippen LogP contribution in [0.1, 0.15) is 35.2 Å². The predicted molar refractivity (Wildman–Crippen MR) is 91.5 cm³/mol. The molecule has 2 aromatic carbocycles. The summed E-state index contributed by atoms with van der Waals surface area (Å²) in [5.74, 6) is 0.114. The standard InChI is InChI=1S/C19H20N2O2/c1-13-4-2-7-15(12-13)19(23)21-17-10-8-16(9-11-17)20-18(22)14-5-3-6-14/h2,4,7-12,14H,3,5-6H2,1H3,(H,20,22)(H,21,23). The van der Waals surface area contributed by atoms with E-state index < -0.39 is 0 Å². The number of amides is 2. The average Bonchev–Trinajstić information content (AvgIpc) is 2.47. The van der Waals surface area contributed by atoms with Crippen LogP contribution in [0.25, 0.3) is 0 Å². The number of anilines is 2. The number of hydrogen-bond acceptors (Lipinski definition) is 2. The van der Waals surface area contributed by atoms with E-state index in [4.69, 9.17) is 0 Å². The van der Waals surface area contributed by atoms with Crippen molar-refractivity contribution in [3.63, 3.8) is 0 Å². The van der Waals surface area contributed by atoms with Crippen LogP contribution in [0, 0.1) is 12.8 Å². The highest BCUT2D eigenvalue weighted by atomic mass is 16.2. The van der Waals surface area contributed by atoms with Crippen LogP contribution in [0.15, 0.2) is 48.5 Å². The van der Waals surface area contributed by atoms with E-state index in [1.165, 1.54) is 0 Å². The quantitative estimate of drug-likeness (QED) is 0.897. The minimum Gasteiger partial charge on any atom is -0.326 e. The third-order valence-electron chi connectivity index (χ3n) is 4.17. The van der Waals surface area contributed by atoms with Crippen LogP contribution in [-0.4, -0.2) is 11.8 Å². The van der Waals surface area contributed by atoms with E-state index >= 15 is 0 Å². The Bertz CT molecular complexity index is 718. The number of benzene rings is 2. The highest BCUT2D eigenvalue weighted by molar-refractivity contribution is 6.04. The highest BCUT2D eigenvalue weighted by Gasteiger charge is 2.25. The Hall–Kier alpha value is -2.62. The van der Waals surface area contributed by atoms with E-state index in [1.807, 2.05) is 37.3 Å². The third kappa shape index (κ3) is 3.77. The molecule has 2 N–H and O–H groups in total. The van der Waals surface area contributed by atoms with Gasteiger partial charge in [-0.15, -0.1) is 0 Å². The minimum atomic E-state index is -0.139. The molecule has 0 saturated heterocycles. The second-order valence-electron chi connectivity index (χ2n) is 6.02. The van der Waals surface area contributed by atoms with Gasteiger partial charge in [-0.1, -0.05) is 24.1 Å². The van der Waals surface area contributed by atoms with E-state index in [9.17, 15) is 9.59 Å². The first-order chi connectivity index (χ1) is 11.1. The van der Waals surface area contributed by atoms with Gasteiger partial charge in [0.05, 0.1) is 0 Å². The van der Waals surface area contributed by atoms with E-state index in [0.717, 1.165) is 30.5 Å². The molecule has 1 aliphatic rings. The molecule has 4 heteroatoms. The van der Waals surface area contributed by atoms with Crippen LogP contribution in [0.5, 0.6) is 0 Å². The molecule has 2 amide bonds. The van der Waals surface area contributed by atoms with Gasteiger partial charge in [-0.2, -0.15) is 0 Å². The van der Waals surface area contributed by atoms with Crippen molar-refractivity contribution in [3.8, 4) is 0 Å². The van der Waals surface area contributed by atoms with Crippen molar-refractivity contribution in [1.29, 1.82) is 0 Å². The topological polar surface area (TPSA) is 58.2 Å². The van der Waals surface area contributed by atoms with Gasteiger partial charge >= 0.3 is 0 Å². The predicted octanol–water partition coefficient (Wildman–Crippen LogP) is 3.99. The normalized spacial score (nSPS) is 14.0. The molecule has 0 radical (unpaired) electrons. The lowest BCUT2D eigenvalue weighted by atomic mass is 9.85. The molecule has 118 valence electrons. The molecular formula is C19H20N2O2. The lowest BCUT2D eigenvalue weighted by Crippen LogP contribution is -2.27. The molecule has 0 heterocycles. The fourth-order valence-electron chi connectivity index (χ4n) is 2.54. The van der Waals surface area contributed by atoms with Crippen molar-refractivity contribution in [2.45, 2.75) is 26.2 Å². The summed E-state index contributed by atoms with van der Waals surface area (Å²) in [6.07, 6.45) is 3.11. The molecule has 1 saturated carbocycles. The van der Waals surface area contributed by atoms with Crippen LogP contribution in [-0.2, 0) is 4.79 Å². The molecule has 1 aliphatic carbocycles. The highest BCUT2D eigenvalue weighted by Crippen LogP contribution is 2.27. The number of rotatable bonds is 4. The van der Waals surface area contributed by atoms with Gasteiger partial charge in [-0.25, -0.2) is 0 Å². The van der Waals surface area contributed by atoms with Gasteiger partial charge < -0.3 is 10.6 Å². The summed E-state index contributed by atoms with van der Waals surface area (Å²) in [5, 5.41) is 5.77. The Morgan fingerprint density at radius 2 is 1.61 bits per heavy atom. The van der Waals surface area contributed by atoms with Crippen LogP contribution in [0.4, 0.5) is 11.4 Å². The van der Waals surface area contributed by atoms with Gasteiger partial charge in [0.2, 0.25) is 5.91 Å². The van der Waals surface area contributed by atoms with Gasteiger partial charge in [0, 0.05) is 22.9 Å². The molecular weight excluding hydrogens is 288 g/mol. The summed E-state index contributed by atoms with van der Waals surface area (Å²) in [4.78, 5) is 24.1. The number of carbonyl (C=O) groups excluding carboxylic acids is 2. The lowest BCUT2D eigenvalue weighted by Gasteiger charge is -2.24.